The van der Waals surface area contributed by atoms with E-state index in [0.717, 1.165) is 6.07 Å². The van der Waals surface area contributed by atoms with Gasteiger partial charge in [0.05, 0.1) is 22.6 Å². The number of rotatable bonds is 4. The Morgan fingerprint density at radius 3 is 2.75 bits per heavy atom. The first-order valence-corrected chi connectivity index (χ1v) is 4.45. The maximum atomic E-state index is 13.0. The van der Waals surface area contributed by atoms with Crippen molar-refractivity contribution >= 4 is 28.9 Å². The number of nitrogens with two attached hydrogens (primary N) is 1. The molecule has 0 saturated carbocycles. The first kappa shape index (κ1) is 12.2. The second-order valence-corrected chi connectivity index (χ2v) is 3.27. The van der Waals surface area contributed by atoms with Crippen molar-refractivity contribution < 1.29 is 14.1 Å². The number of nitrogens with one attached hydrogen (secondary N) is 1. The molecular formula is C8H7ClFN3O3. The van der Waals surface area contributed by atoms with Gasteiger partial charge in [-0.25, -0.2) is 4.39 Å². The van der Waals surface area contributed by atoms with Crippen molar-refractivity contribution in [3.63, 3.8) is 0 Å². The van der Waals surface area contributed by atoms with Gasteiger partial charge in [-0.05, 0) is 6.07 Å². The second-order valence-electron chi connectivity index (χ2n) is 2.86. The van der Waals surface area contributed by atoms with Gasteiger partial charge >= 0.3 is 0 Å². The Morgan fingerprint density at radius 2 is 2.25 bits per heavy atom. The van der Waals surface area contributed by atoms with Gasteiger partial charge in [0, 0.05) is 0 Å². The molecule has 0 unspecified atom stereocenters. The average molecular weight is 248 g/mol. The number of nitro groups is 1. The molecule has 0 bridgehead atoms. The second kappa shape index (κ2) is 4.75. The highest BCUT2D eigenvalue weighted by atomic mass is 35.5. The van der Waals surface area contributed by atoms with Gasteiger partial charge < -0.3 is 11.1 Å². The zero-order valence-electron chi connectivity index (χ0n) is 7.87. The van der Waals surface area contributed by atoms with E-state index in [1.165, 1.54) is 0 Å². The lowest BCUT2D eigenvalue weighted by Gasteiger charge is -2.05. The van der Waals surface area contributed by atoms with E-state index in [1.54, 1.807) is 0 Å². The van der Waals surface area contributed by atoms with Gasteiger partial charge in [0.15, 0.2) is 0 Å². The molecule has 1 aromatic rings. The van der Waals surface area contributed by atoms with Gasteiger partial charge in [-0.15, -0.1) is 0 Å². The predicted octanol–water partition coefficient (Wildman–Crippen LogP) is 1.28. The van der Waals surface area contributed by atoms with E-state index in [-0.39, 0.29) is 17.3 Å². The van der Waals surface area contributed by atoms with Gasteiger partial charge in [-0.3, -0.25) is 14.9 Å². The van der Waals surface area contributed by atoms with Crippen LogP contribution in [-0.2, 0) is 4.79 Å². The summed E-state index contributed by atoms with van der Waals surface area (Å²) < 4.78 is 13.0. The summed E-state index contributed by atoms with van der Waals surface area (Å²) in [4.78, 5) is 20.3. The zero-order chi connectivity index (χ0) is 12.3. The number of hydrogen-bond acceptors (Lipinski definition) is 4. The molecule has 0 aromatic heterocycles. The van der Waals surface area contributed by atoms with Crippen LogP contribution in [0.5, 0.6) is 0 Å². The molecule has 0 radical (unpaired) electrons. The topological polar surface area (TPSA) is 98.3 Å². The number of halogens is 2. The van der Waals surface area contributed by atoms with Crippen molar-refractivity contribution in [1.29, 1.82) is 0 Å². The monoisotopic (exact) mass is 247 g/mol. The number of carbonyl (C=O) groups is 1. The maximum Gasteiger partial charge on any atom is 0.295 e. The third-order valence-corrected chi connectivity index (χ3v) is 1.98. The summed E-state index contributed by atoms with van der Waals surface area (Å²) in [5.74, 6) is -1.60. The molecule has 0 atom stereocenters. The Balaban J connectivity index is 3.09. The number of nitrogens with zero attached hydrogens (tertiary/aromatic N) is 1. The summed E-state index contributed by atoms with van der Waals surface area (Å²) in [5, 5.41) is 12.7. The summed E-state index contributed by atoms with van der Waals surface area (Å²) >= 11 is 5.45. The molecule has 1 amide bonds. The normalized spacial score (nSPS) is 9.88. The van der Waals surface area contributed by atoms with Crippen LogP contribution >= 0.6 is 11.6 Å². The molecule has 0 aliphatic carbocycles. The Bertz CT molecular complexity index is 452. The minimum Gasteiger partial charge on any atom is -0.371 e. The largest absolute Gasteiger partial charge is 0.371 e. The van der Waals surface area contributed by atoms with Crippen LogP contribution in [0.15, 0.2) is 12.1 Å². The minimum atomic E-state index is -0.905. The third kappa shape index (κ3) is 2.80. The van der Waals surface area contributed by atoms with E-state index >= 15 is 0 Å². The number of primary amides is 1. The van der Waals surface area contributed by atoms with E-state index in [0.29, 0.717) is 6.07 Å². The fraction of sp³-hybridized carbons (Fsp3) is 0.125. The highest BCUT2D eigenvalue weighted by Gasteiger charge is 2.17. The molecule has 86 valence electrons. The van der Waals surface area contributed by atoms with Crippen molar-refractivity contribution in [2.24, 2.45) is 5.73 Å². The Hall–Kier alpha value is -1.89. The average Bonchev–Trinajstić information content (AvgIpc) is 2.18. The predicted molar refractivity (Wildman–Crippen MR) is 55.7 cm³/mol. The lowest BCUT2D eigenvalue weighted by atomic mass is 10.2. The fourth-order valence-corrected chi connectivity index (χ4v) is 1.17. The van der Waals surface area contributed by atoms with Gasteiger partial charge in [-0.1, -0.05) is 11.6 Å². The molecule has 6 nitrogen and oxygen atoms in total. The van der Waals surface area contributed by atoms with Gasteiger partial charge in [0.25, 0.3) is 5.69 Å². The number of amides is 1. The number of hydrogen-bond donors (Lipinski definition) is 2. The SMILES string of the molecule is NC(=O)CNc1cc(Cl)c(F)cc1[N+](=O)[O-]. The van der Waals surface area contributed by atoms with E-state index in [9.17, 15) is 19.3 Å². The molecule has 0 spiro atoms. The smallest absolute Gasteiger partial charge is 0.295 e. The summed E-state index contributed by atoms with van der Waals surface area (Å²) in [6.07, 6.45) is 0. The van der Waals surface area contributed by atoms with E-state index in [2.05, 4.69) is 5.32 Å². The molecule has 0 aliphatic rings. The highest BCUT2D eigenvalue weighted by Crippen LogP contribution is 2.29. The molecule has 0 saturated heterocycles. The van der Waals surface area contributed by atoms with Crippen molar-refractivity contribution in [3.05, 3.63) is 33.1 Å². The molecule has 0 aliphatic heterocycles. The molecule has 0 heterocycles. The zero-order valence-corrected chi connectivity index (χ0v) is 8.62. The molecule has 16 heavy (non-hydrogen) atoms. The standard InChI is InChI=1S/C8H7ClFN3O3/c9-4-1-6(12-3-8(11)14)7(13(15)16)2-5(4)10/h1-2,12H,3H2,(H2,11,14). The van der Waals surface area contributed by atoms with E-state index in [1.807, 2.05) is 0 Å². The Labute approximate surface area is 94.3 Å². The van der Waals surface area contributed by atoms with Crippen LogP contribution in [0.1, 0.15) is 0 Å². The Morgan fingerprint density at radius 1 is 1.62 bits per heavy atom. The van der Waals surface area contributed by atoms with Crippen LogP contribution in [0.4, 0.5) is 15.8 Å². The fourth-order valence-electron chi connectivity index (χ4n) is 1.01. The highest BCUT2D eigenvalue weighted by molar-refractivity contribution is 6.31. The van der Waals surface area contributed by atoms with Crippen molar-refractivity contribution in [1.82, 2.24) is 0 Å². The van der Waals surface area contributed by atoms with Crippen LogP contribution in [0.2, 0.25) is 5.02 Å². The molecule has 3 N–H and O–H groups in total. The number of carbonyl (C=O) groups excluding carboxylic acids is 1. The summed E-state index contributed by atoms with van der Waals surface area (Å²) in [6, 6.07) is 1.70. The lowest BCUT2D eigenvalue weighted by molar-refractivity contribution is -0.384. The number of benzene rings is 1. The van der Waals surface area contributed by atoms with Crippen molar-refractivity contribution in [2.75, 3.05) is 11.9 Å². The molecular weight excluding hydrogens is 241 g/mol. The minimum absolute atomic E-state index is 0.0600. The third-order valence-electron chi connectivity index (χ3n) is 1.69. The maximum absolute atomic E-state index is 13.0. The van der Waals surface area contributed by atoms with Crippen LogP contribution in [0, 0.1) is 15.9 Å². The van der Waals surface area contributed by atoms with Crippen LogP contribution in [0.3, 0.4) is 0 Å². The lowest BCUT2D eigenvalue weighted by Crippen LogP contribution is -2.22. The van der Waals surface area contributed by atoms with Crippen molar-refractivity contribution in [2.45, 2.75) is 0 Å². The quantitative estimate of drug-likeness (QED) is 0.618. The Kier molecular flexibility index (Phi) is 3.62. The molecule has 1 rings (SSSR count). The molecule has 1 aromatic carbocycles. The van der Waals surface area contributed by atoms with Gasteiger partial charge in [0.2, 0.25) is 5.91 Å². The summed E-state index contributed by atoms with van der Waals surface area (Å²) in [5.41, 5.74) is 4.29. The van der Waals surface area contributed by atoms with E-state index < -0.39 is 22.3 Å². The van der Waals surface area contributed by atoms with Gasteiger partial charge in [-0.2, -0.15) is 0 Å². The summed E-state index contributed by atoms with van der Waals surface area (Å²) in [6.45, 7) is -0.303. The first-order chi connectivity index (χ1) is 7.41. The van der Waals surface area contributed by atoms with Crippen molar-refractivity contribution in [3.8, 4) is 0 Å². The van der Waals surface area contributed by atoms with Crippen LogP contribution in [-0.4, -0.2) is 17.4 Å². The molecule has 8 heteroatoms. The number of anilines is 1. The van der Waals surface area contributed by atoms with Gasteiger partial charge in [0.1, 0.15) is 11.5 Å². The van der Waals surface area contributed by atoms with Crippen LogP contribution in [0.25, 0.3) is 0 Å². The first-order valence-electron chi connectivity index (χ1n) is 4.07. The van der Waals surface area contributed by atoms with Crippen LogP contribution < -0.4 is 11.1 Å². The number of nitro benzene ring substituents is 1. The summed E-state index contributed by atoms with van der Waals surface area (Å²) in [7, 11) is 0. The molecule has 0 fully saturated rings. The van der Waals surface area contributed by atoms with E-state index in [4.69, 9.17) is 17.3 Å².